The maximum atomic E-state index is 10.6. The Bertz CT molecular complexity index is 635. The summed E-state index contributed by atoms with van der Waals surface area (Å²) in [7, 11) is 1.88. The Morgan fingerprint density at radius 3 is 2.65 bits per heavy atom. The molecule has 0 fully saturated rings. The molecule has 3 N–H and O–H groups in total. The minimum absolute atomic E-state index is 0.349. The summed E-state index contributed by atoms with van der Waals surface area (Å²) in [4.78, 5) is 4.47. The molecule has 0 bridgehead atoms. The van der Waals surface area contributed by atoms with Crippen molar-refractivity contribution in [2.45, 2.75) is 26.0 Å². The molecule has 2 aromatic rings. The molecule has 2 rings (SSSR count). The summed E-state index contributed by atoms with van der Waals surface area (Å²) < 4.78 is 1.83. The van der Waals surface area contributed by atoms with E-state index in [0.29, 0.717) is 19.0 Å². The topological polar surface area (TPSA) is 87.4 Å². The lowest BCUT2D eigenvalue weighted by Crippen LogP contribution is -2.44. The summed E-state index contributed by atoms with van der Waals surface area (Å²) in [5.41, 5.74) is -0.126. The van der Waals surface area contributed by atoms with Crippen molar-refractivity contribution in [2.24, 2.45) is 12.0 Å². The normalized spacial score (nSPS) is 14.3. The van der Waals surface area contributed by atoms with E-state index in [1.165, 1.54) is 0 Å². The number of hydrogen-bond acceptors (Lipinski definition) is 4. The number of benzene rings is 1. The van der Waals surface area contributed by atoms with Gasteiger partial charge < -0.3 is 20.3 Å². The Morgan fingerprint density at radius 1 is 1.30 bits per heavy atom. The highest BCUT2D eigenvalue weighted by molar-refractivity contribution is 5.79. The average molecular weight is 316 g/mol. The predicted molar refractivity (Wildman–Crippen MR) is 89.8 cm³/mol. The number of aliphatic hydroxyl groups is 1. The van der Waals surface area contributed by atoms with Crippen LogP contribution in [0.5, 0.6) is 0 Å². The van der Waals surface area contributed by atoms with Crippen LogP contribution in [0.2, 0.25) is 0 Å². The third-order valence-corrected chi connectivity index (χ3v) is 3.52. The third-order valence-electron chi connectivity index (χ3n) is 3.52. The molecular formula is C16H24N6O. The van der Waals surface area contributed by atoms with Gasteiger partial charge in [-0.05, 0) is 19.4 Å². The number of hydrogen-bond donors (Lipinski definition) is 3. The van der Waals surface area contributed by atoms with Crippen LogP contribution >= 0.6 is 0 Å². The molecule has 0 aliphatic rings. The molecule has 1 heterocycles. The summed E-state index contributed by atoms with van der Waals surface area (Å²) in [6, 6.07) is 9.57. The van der Waals surface area contributed by atoms with Gasteiger partial charge in [0.05, 0.1) is 6.54 Å². The van der Waals surface area contributed by atoms with Crippen LogP contribution in [0.3, 0.4) is 0 Å². The van der Waals surface area contributed by atoms with Crippen LogP contribution in [0, 0.1) is 0 Å². The fourth-order valence-corrected chi connectivity index (χ4v) is 2.10. The smallest absolute Gasteiger partial charge is 0.191 e. The number of nitrogens with one attached hydrogen (secondary N) is 2. The monoisotopic (exact) mass is 316 g/mol. The Balaban J connectivity index is 2.00. The van der Waals surface area contributed by atoms with Crippen LogP contribution in [0.1, 0.15) is 25.2 Å². The van der Waals surface area contributed by atoms with Crippen LogP contribution in [0.4, 0.5) is 0 Å². The Morgan fingerprint density at radius 2 is 2.04 bits per heavy atom. The summed E-state index contributed by atoms with van der Waals surface area (Å²) in [5, 5.41) is 24.8. The van der Waals surface area contributed by atoms with Gasteiger partial charge in [0.25, 0.3) is 0 Å². The van der Waals surface area contributed by atoms with Crippen molar-refractivity contribution >= 4 is 5.96 Å². The quantitative estimate of drug-likeness (QED) is 0.541. The van der Waals surface area contributed by atoms with Crippen LogP contribution in [0.25, 0.3) is 0 Å². The summed E-state index contributed by atoms with van der Waals surface area (Å²) in [6.45, 7) is 5.27. The predicted octanol–water partition coefficient (Wildman–Crippen LogP) is 0.778. The van der Waals surface area contributed by atoms with E-state index < -0.39 is 5.60 Å². The van der Waals surface area contributed by atoms with Gasteiger partial charge in [0.1, 0.15) is 18.5 Å². The van der Waals surface area contributed by atoms with Crippen molar-refractivity contribution in [2.75, 3.05) is 13.1 Å². The second kappa shape index (κ2) is 7.73. The van der Waals surface area contributed by atoms with Crippen molar-refractivity contribution in [3.63, 3.8) is 0 Å². The van der Waals surface area contributed by atoms with Crippen molar-refractivity contribution in [3.05, 3.63) is 48.0 Å². The molecule has 1 aromatic heterocycles. The lowest BCUT2D eigenvalue weighted by atomic mass is 9.96. The maximum absolute atomic E-state index is 10.6. The molecule has 0 spiro atoms. The molecule has 23 heavy (non-hydrogen) atoms. The van der Waals surface area contributed by atoms with Crippen LogP contribution < -0.4 is 10.6 Å². The van der Waals surface area contributed by atoms with E-state index in [0.717, 1.165) is 17.9 Å². The van der Waals surface area contributed by atoms with Gasteiger partial charge in [-0.2, -0.15) is 0 Å². The van der Waals surface area contributed by atoms with Gasteiger partial charge in [-0.15, -0.1) is 10.2 Å². The zero-order valence-corrected chi connectivity index (χ0v) is 13.8. The van der Waals surface area contributed by atoms with Gasteiger partial charge in [-0.3, -0.25) is 0 Å². The molecule has 0 aliphatic carbocycles. The average Bonchev–Trinajstić information content (AvgIpc) is 2.96. The van der Waals surface area contributed by atoms with Gasteiger partial charge in [0.15, 0.2) is 11.8 Å². The number of aromatic nitrogens is 3. The van der Waals surface area contributed by atoms with Gasteiger partial charge in [-0.25, -0.2) is 4.99 Å². The minimum atomic E-state index is -0.984. The number of aliphatic imine (C=N–C) groups is 1. The van der Waals surface area contributed by atoms with Gasteiger partial charge in [0, 0.05) is 13.6 Å². The highest BCUT2D eigenvalue weighted by atomic mass is 16.3. The van der Waals surface area contributed by atoms with Crippen molar-refractivity contribution in [1.29, 1.82) is 0 Å². The van der Waals surface area contributed by atoms with Gasteiger partial charge in [0.2, 0.25) is 0 Å². The number of rotatable bonds is 6. The highest BCUT2D eigenvalue weighted by Gasteiger charge is 2.22. The lowest BCUT2D eigenvalue weighted by molar-refractivity contribution is 0.0617. The van der Waals surface area contributed by atoms with Crippen molar-refractivity contribution in [3.8, 4) is 0 Å². The maximum Gasteiger partial charge on any atom is 0.191 e. The molecule has 124 valence electrons. The van der Waals surface area contributed by atoms with Gasteiger partial charge >= 0.3 is 0 Å². The van der Waals surface area contributed by atoms with E-state index in [2.05, 4.69) is 25.8 Å². The van der Waals surface area contributed by atoms with Crippen molar-refractivity contribution < 1.29 is 5.11 Å². The fraction of sp³-hybridized carbons (Fsp3) is 0.438. The third kappa shape index (κ3) is 4.79. The molecule has 0 radical (unpaired) electrons. The molecule has 0 saturated carbocycles. The lowest BCUT2D eigenvalue weighted by Gasteiger charge is -2.25. The largest absolute Gasteiger partial charge is 0.384 e. The van der Waals surface area contributed by atoms with E-state index in [1.54, 1.807) is 13.3 Å². The Labute approximate surface area is 136 Å². The summed E-state index contributed by atoms with van der Waals surface area (Å²) in [5.74, 6) is 1.41. The second-order valence-corrected chi connectivity index (χ2v) is 5.55. The first-order valence-electron chi connectivity index (χ1n) is 7.66. The van der Waals surface area contributed by atoms with Crippen LogP contribution in [-0.4, -0.2) is 38.9 Å². The molecule has 0 saturated heterocycles. The Kier molecular flexibility index (Phi) is 5.70. The molecule has 7 heteroatoms. The number of guanidine groups is 1. The summed E-state index contributed by atoms with van der Waals surface area (Å²) >= 11 is 0. The molecule has 0 amide bonds. The highest BCUT2D eigenvalue weighted by Crippen LogP contribution is 2.18. The molecule has 7 nitrogen and oxygen atoms in total. The SMILES string of the molecule is CCNC(=NCc1nncn1C)NCC(C)(O)c1ccccc1. The van der Waals surface area contributed by atoms with Gasteiger partial charge in [-0.1, -0.05) is 30.3 Å². The first kappa shape index (κ1) is 17.0. The molecule has 1 atom stereocenters. The van der Waals surface area contributed by atoms with E-state index in [1.807, 2.05) is 48.9 Å². The zero-order chi connectivity index (χ0) is 16.7. The molecule has 1 unspecified atom stereocenters. The van der Waals surface area contributed by atoms with E-state index in [4.69, 9.17) is 0 Å². The molecule has 1 aromatic carbocycles. The molecule has 0 aliphatic heterocycles. The van der Waals surface area contributed by atoms with Crippen LogP contribution in [0.15, 0.2) is 41.7 Å². The summed E-state index contributed by atoms with van der Waals surface area (Å²) in [6.07, 6.45) is 1.64. The van der Waals surface area contributed by atoms with E-state index in [9.17, 15) is 5.11 Å². The second-order valence-electron chi connectivity index (χ2n) is 5.55. The van der Waals surface area contributed by atoms with E-state index >= 15 is 0 Å². The molecular weight excluding hydrogens is 292 g/mol. The fourth-order valence-electron chi connectivity index (χ4n) is 2.10. The Hall–Kier alpha value is -2.41. The number of nitrogens with zero attached hydrogens (tertiary/aromatic N) is 4. The number of aryl methyl sites for hydroxylation is 1. The standard InChI is InChI=1S/C16H24N6O/c1-4-17-15(18-10-14-21-20-12-22(14)3)19-11-16(2,23)13-8-6-5-7-9-13/h5-9,12,23H,4,10-11H2,1-3H3,(H2,17,18,19). The first-order valence-corrected chi connectivity index (χ1v) is 7.66. The van der Waals surface area contributed by atoms with Crippen molar-refractivity contribution in [1.82, 2.24) is 25.4 Å². The first-order chi connectivity index (χ1) is 11.0. The van der Waals surface area contributed by atoms with E-state index in [-0.39, 0.29) is 0 Å². The minimum Gasteiger partial charge on any atom is -0.384 e. The van der Waals surface area contributed by atoms with Crippen LogP contribution in [-0.2, 0) is 19.2 Å². The zero-order valence-electron chi connectivity index (χ0n) is 13.8.